The highest BCUT2D eigenvalue weighted by molar-refractivity contribution is 14.1. The number of H-pyrrole nitrogens is 1. The predicted octanol–water partition coefficient (Wildman–Crippen LogP) is -0.199. The Morgan fingerprint density at radius 3 is 2.67 bits per heavy atom. The van der Waals surface area contributed by atoms with E-state index in [1.807, 2.05) is 4.98 Å². The molecule has 1 rings (SSSR count). The Labute approximate surface area is 80.6 Å². The molecule has 0 aliphatic heterocycles. The minimum atomic E-state index is -0.701. The molecule has 64 valence electrons. The third-order valence-corrected chi connectivity index (χ3v) is 2.01. The van der Waals surface area contributed by atoms with E-state index in [0.717, 1.165) is 4.57 Å². The van der Waals surface area contributed by atoms with Crippen LogP contribution in [-0.2, 0) is 0 Å². The molecule has 0 atom stereocenters. The third-order valence-electron chi connectivity index (χ3n) is 1.24. The standard InChI is InChI=1S/C6H5IN2O3/c1-3(10)9-2-4(7)5(11)8-6(9)12/h2H,1H3,(H,8,11,12). The molecule has 0 aromatic carbocycles. The summed E-state index contributed by atoms with van der Waals surface area (Å²) in [7, 11) is 0. The summed E-state index contributed by atoms with van der Waals surface area (Å²) in [6.07, 6.45) is 1.21. The molecule has 0 saturated carbocycles. The number of nitrogens with zero attached hydrogens (tertiary/aromatic N) is 1. The number of aromatic amines is 1. The van der Waals surface area contributed by atoms with Crippen molar-refractivity contribution in [1.82, 2.24) is 9.55 Å². The highest BCUT2D eigenvalue weighted by Crippen LogP contribution is 1.91. The van der Waals surface area contributed by atoms with Gasteiger partial charge in [0.25, 0.3) is 5.56 Å². The molecule has 0 unspecified atom stereocenters. The van der Waals surface area contributed by atoms with Crippen LogP contribution in [0.2, 0.25) is 0 Å². The van der Waals surface area contributed by atoms with Gasteiger partial charge in [-0.1, -0.05) is 0 Å². The van der Waals surface area contributed by atoms with Crippen LogP contribution < -0.4 is 11.2 Å². The van der Waals surface area contributed by atoms with Crippen LogP contribution in [-0.4, -0.2) is 15.5 Å². The Bertz CT molecular complexity index is 431. The van der Waals surface area contributed by atoms with Crippen molar-refractivity contribution in [3.8, 4) is 0 Å². The molecule has 0 aliphatic carbocycles. The maximum absolute atomic E-state index is 10.9. The summed E-state index contributed by atoms with van der Waals surface area (Å²) < 4.78 is 1.16. The first kappa shape index (κ1) is 9.17. The normalized spacial score (nSPS) is 9.83. The molecule has 0 bridgehead atoms. The van der Waals surface area contributed by atoms with E-state index in [9.17, 15) is 14.4 Å². The largest absolute Gasteiger partial charge is 0.335 e. The number of nitrogens with one attached hydrogen (secondary N) is 1. The number of hydrogen-bond donors (Lipinski definition) is 1. The number of carbonyl (C=O) groups excluding carboxylic acids is 1. The van der Waals surface area contributed by atoms with Crippen molar-refractivity contribution in [3.05, 3.63) is 30.6 Å². The van der Waals surface area contributed by atoms with E-state index in [1.54, 1.807) is 22.6 Å². The van der Waals surface area contributed by atoms with Crippen LogP contribution in [0.15, 0.2) is 15.8 Å². The first-order valence-electron chi connectivity index (χ1n) is 3.05. The Morgan fingerprint density at radius 2 is 2.17 bits per heavy atom. The second-order valence-corrected chi connectivity index (χ2v) is 3.29. The van der Waals surface area contributed by atoms with E-state index in [2.05, 4.69) is 0 Å². The van der Waals surface area contributed by atoms with Gasteiger partial charge in [-0.3, -0.25) is 14.6 Å². The lowest BCUT2D eigenvalue weighted by molar-refractivity contribution is 0.0930. The maximum Gasteiger partial charge on any atom is 0.335 e. The fourth-order valence-corrected chi connectivity index (χ4v) is 1.09. The summed E-state index contributed by atoms with van der Waals surface area (Å²) >= 11 is 1.74. The highest BCUT2D eigenvalue weighted by Gasteiger charge is 2.03. The molecular weight excluding hydrogens is 275 g/mol. The van der Waals surface area contributed by atoms with Crippen LogP contribution in [0.3, 0.4) is 0 Å². The first-order chi connectivity index (χ1) is 5.52. The van der Waals surface area contributed by atoms with Gasteiger partial charge in [0.15, 0.2) is 0 Å². The summed E-state index contributed by atoms with van der Waals surface area (Å²) in [4.78, 5) is 34.5. The SMILES string of the molecule is CC(=O)n1cc(I)c(=O)[nH]c1=O. The van der Waals surface area contributed by atoms with Crippen LogP contribution in [0.5, 0.6) is 0 Å². The van der Waals surface area contributed by atoms with Gasteiger partial charge in [-0.05, 0) is 22.6 Å². The number of halogens is 1. The molecule has 1 N–H and O–H groups in total. The summed E-state index contributed by atoms with van der Waals surface area (Å²) in [6.45, 7) is 1.25. The van der Waals surface area contributed by atoms with Crippen LogP contribution in [0.25, 0.3) is 0 Å². The zero-order valence-electron chi connectivity index (χ0n) is 6.13. The molecule has 5 nitrogen and oxygen atoms in total. The Hall–Kier alpha value is -0.920. The van der Waals surface area contributed by atoms with Crippen LogP contribution in [0, 0.1) is 3.57 Å². The zero-order chi connectivity index (χ0) is 9.30. The number of carbonyl (C=O) groups is 1. The molecule has 12 heavy (non-hydrogen) atoms. The molecule has 1 aromatic rings. The molecular formula is C6H5IN2O3. The van der Waals surface area contributed by atoms with Gasteiger partial charge in [0.1, 0.15) is 0 Å². The Kier molecular flexibility index (Phi) is 2.46. The number of hydrogen-bond acceptors (Lipinski definition) is 3. The molecule has 6 heteroatoms. The van der Waals surface area contributed by atoms with Gasteiger partial charge in [0, 0.05) is 13.1 Å². The molecule has 1 heterocycles. The average molecular weight is 280 g/mol. The number of aromatic nitrogens is 2. The van der Waals surface area contributed by atoms with Gasteiger partial charge >= 0.3 is 5.69 Å². The second kappa shape index (κ2) is 3.21. The van der Waals surface area contributed by atoms with Crippen molar-refractivity contribution < 1.29 is 4.79 Å². The second-order valence-electron chi connectivity index (χ2n) is 2.13. The van der Waals surface area contributed by atoms with Crippen molar-refractivity contribution >= 4 is 28.5 Å². The topological polar surface area (TPSA) is 71.9 Å². The molecule has 0 aliphatic rings. The smallest absolute Gasteiger partial charge is 0.274 e. The third kappa shape index (κ3) is 1.63. The van der Waals surface area contributed by atoms with Crippen molar-refractivity contribution in [2.45, 2.75) is 6.92 Å². The monoisotopic (exact) mass is 280 g/mol. The average Bonchev–Trinajstić information content (AvgIpc) is 1.96. The molecule has 0 amide bonds. The lowest BCUT2D eigenvalue weighted by atomic mass is 10.6. The predicted molar refractivity (Wildman–Crippen MR) is 50.3 cm³/mol. The Balaban J connectivity index is 3.54. The molecule has 0 spiro atoms. The lowest BCUT2D eigenvalue weighted by Crippen LogP contribution is -2.33. The fourth-order valence-electron chi connectivity index (χ4n) is 0.682. The van der Waals surface area contributed by atoms with E-state index >= 15 is 0 Å². The van der Waals surface area contributed by atoms with Gasteiger partial charge in [0.05, 0.1) is 3.57 Å². The van der Waals surface area contributed by atoms with Gasteiger partial charge < -0.3 is 0 Å². The fraction of sp³-hybridized carbons (Fsp3) is 0.167. The van der Waals surface area contributed by atoms with Crippen molar-refractivity contribution in [2.75, 3.05) is 0 Å². The van der Waals surface area contributed by atoms with Crippen molar-refractivity contribution in [1.29, 1.82) is 0 Å². The molecule has 0 fully saturated rings. The van der Waals surface area contributed by atoms with E-state index in [4.69, 9.17) is 0 Å². The molecule has 0 radical (unpaired) electrons. The zero-order valence-corrected chi connectivity index (χ0v) is 8.28. The van der Waals surface area contributed by atoms with Crippen molar-refractivity contribution in [3.63, 3.8) is 0 Å². The van der Waals surface area contributed by atoms with Crippen molar-refractivity contribution in [2.24, 2.45) is 0 Å². The van der Waals surface area contributed by atoms with E-state index in [1.165, 1.54) is 13.1 Å². The summed E-state index contributed by atoms with van der Waals surface area (Å²) in [5.41, 5.74) is -1.17. The Morgan fingerprint density at radius 1 is 1.58 bits per heavy atom. The van der Waals surface area contributed by atoms with Gasteiger partial charge in [-0.2, -0.15) is 0 Å². The summed E-state index contributed by atoms with van der Waals surface area (Å²) in [5.74, 6) is -0.422. The highest BCUT2D eigenvalue weighted by atomic mass is 127. The molecule has 0 saturated heterocycles. The minimum absolute atomic E-state index is 0.308. The van der Waals surface area contributed by atoms with Gasteiger partial charge in [-0.25, -0.2) is 9.36 Å². The first-order valence-corrected chi connectivity index (χ1v) is 4.12. The van der Waals surface area contributed by atoms with Gasteiger partial charge in [0.2, 0.25) is 5.91 Å². The van der Waals surface area contributed by atoms with E-state index in [-0.39, 0.29) is 0 Å². The molecule has 1 aromatic heterocycles. The van der Waals surface area contributed by atoms with Crippen LogP contribution in [0.4, 0.5) is 0 Å². The maximum atomic E-state index is 10.9. The summed E-state index contributed by atoms with van der Waals surface area (Å²) in [5, 5.41) is 0. The van der Waals surface area contributed by atoms with Crippen LogP contribution in [0.1, 0.15) is 11.7 Å². The minimum Gasteiger partial charge on any atom is -0.274 e. The number of rotatable bonds is 0. The van der Waals surface area contributed by atoms with E-state index < -0.39 is 17.2 Å². The summed E-state index contributed by atoms with van der Waals surface area (Å²) in [6, 6.07) is 0. The lowest BCUT2D eigenvalue weighted by Gasteiger charge is -1.97. The van der Waals surface area contributed by atoms with Crippen LogP contribution >= 0.6 is 22.6 Å². The quantitative estimate of drug-likeness (QED) is 0.669. The van der Waals surface area contributed by atoms with Gasteiger partial charge in [-0.15, -0.1) is 0 Å². The van der Waals surface area contributed by atoms with E-state index in [0.29, 0.717) is 3.57 Å².